The number of ether oxygens (including phenoxy) is 3. The second kappa shape index (κ2) is 9.06. The van der Waals surface area contributed by atoms with E-state index >= 15 is 0 Å². The minimum Gasteiger partial charge on any atom is -0.490 e. The average Bonchev–Trinajstić information content (AvgIpc) is 3.09. The number of fused-ring (bicyclic) bond motifs is 2. The Hall–Kier alpha value is -4.06. The van der Waals surface area contributed by atoms with E-state index in [-0.39, 0.29) is 5.43 Å². The Morgan fingerprint density at radius 3 is 2.50 bits per heavy atom. The lowest BCUT2D eigenvalue weighted by Crippen LogP contribution is -2.11. The number of carbonyl (C=O) groups excluding carboxylic acids is 1. The molecule has 5 rings (SSSR count). The summed E-state index contributed by atoms with van der Waals surface area (Å²) in [7, 11) is 0. The van der Waals surface area contributed by atoms with Crippen LogP contribution in [-0.4, -0.2) is 19.2 Å². The smallest absolute Gasteiger partial charge is 0.343 e. The van der Waals surface area contributed by atoms with Gasteiger partial charge in [-0.15, -0.1) is 0 Å². The number of aryl methyl sites for hydroxylation is 2. The predicted octanol–water partition coefficient (Wildman–Crippen LogP) is 5.71. The quantitative estimate of drug-likeness (QED) is 0.289. The lowest BCUT2D eigenvalue weighted by molar-refractivity contribution is 0.0733. The van der Waals surface area contributed by atoms with E-state index in [9.17, 15) is 9.59 Å². The lowest BCUT2D eigenvalue weighted by Gasteiger charge is -2.12. The number of hydrogen-bond donors (Lipinski definition) is 0. The maximum Gasteiger partial charge on any atom is 0.343 e. The summed E-state index contributed by atoms with van der Waals surface area (Å²) >= 11 is 0. The van der Waals surface area contributed by atoms with Gasteiger partial charge in [0.25, 0.3) is 0 Å². The minimum atomic E-state index is -0.458. The zero-order chi connectivity index (χ0) is 23.7. The average molecular weight is 456 g/mol. The van der Waals surface area contributed by atoms with Gasteiger partial charge in [0.15, 0.2) is 11.5 Å². The third-order valence-electron chi connectivity index (χ3n) is 5.89. The molecule has 34 heavy (non-hydrogen) atoms. The fourth-order valence-electron chi connectivity index (χ4n) is 3.95. The van der Waals surface area contributed by atoms with Gasteiger partial charge in [-0.3, -0.25) is 4.79 Å². The molecule has 172 valence electrons. The monoisotopic (exact) mass is 456 g/mol. The molecule has 1 aliphatic rings. The van der Waals surface area contributed by atoms with Gasteiger partial charge in [-0.25, -0.2) is 4.79 Å². The van der Waals surface area contributed by atoms with Crippen LogP contribution in [0.2, 0.25) is 0 Å². The molecule has 2 heterocycles. The highest BCUT2D eigenvalue weighted by molar-refractivity contribution is 5.92. The maximum atomic E-state index is 13.4. The number of hydrogen-bond acceptors (Lipinski definition) is 6. The molecular weight excluding hydrogens is 432 g/mol. The fourth-order valence-corrected chi connectivity index (χ4v) is 3.95. The molecule has 0 unspecified atom stereocenters. The predicted molar refractivity (Wildman–Crippen MR) is 129 cm³/mol. The van der Waals surface area contributed by atoms with Crippen molar-refractivity contribution in [2.24, 2.45) is 0 Å². The Bertz CT molecular complexity index is 1430. The van der Waals surface area contributed by atoms with Gasteiger partial charge in [-0.1, -0.05) is 30.7 Å². The highest BCUT2D eigenvalue weighted by atomic mass is 16.5. The van der Waals surface area contributed by atoms with Crippen LogP contribution in [0.25, 0.3) is 22.1 Å². The molecule has 0 bridgehead atoms. The Morgan fingerprint density at radius 1 is 0.971 bits per heavy atom. The summed E-state index contributed by atoms with van der Waals surface area (Å²) in [5.74, 6) is 1.20. The van der Waals surface area contributed by atoms with Crippen LogP contribution in [0.4, 0.5) is 0 Å². The molecule has 0 spiro atoms. The molecule has 6 heteroatoms. The SMILES string of the molecule is CCc1cc2c(=O)c(-c3ccc4c(c3)OCCCO4)coc2cc1OC(=O)c1ccc(C)cc1. The van der Waals surface area contributed by atoms with E-state index in [4.69, 9.17) is 18.6 Å². The Labute approximate surface area is 196 Å². The van der Waals surface area contributed by atoms with Crippen molar-refractivity contribution in [3.05, 3.63) is 87.8 Å². The van der Waals surface area contributed by atoms with E-state index in [1.165, 1.54) is 6.26 Å². The molecule has 6 nitrogen and oxygen atoms in total. The molecule has 0 aliphatic carbocycles. The van der Waals surface area contributed by atoms with Gasteiger partial charge in [-0.2, -0.15) is 0 Å². The Morgan fingerprint density at radius 2 is 1.74 bits per heavy atom. The zero-order valence-corrected chi connectivity index (χ0v) is 19.1. The molecule has 1 aromatic heterocycles. The summed E-state index contributed by atoms with van der Waals surface area (Å²) in [6.07, 6.45) is 2.82. The summed E-state index contributed by atoms with van der Waals surface area (Å²) in [5, 5.41) is 0.427. The van der Waals surface area contributed by atoms with Crippen molar-refractivity contribution in [1.29, 1.82) is 0 Å². The van der Waals surface area contributed by atoms with E-state index in [1.807, 2.05) is 38.1 Å². The van der Waals surface area contributed by atoms with Crippen LogP contribution in [0.15, 0.2) is 70.1 Å². The molecule has 0 fully saturated rings. The summed E-state index contributed by atoms with van der Waals surface area (Å²) in [5.41, 5.74) is 3.56. The van der Waals surface area contributed by atoms with Crippen LogP contribution in [0.5, 0.6) is 17.2 Å². The topological polar surface area (TPSA) is 75.0 Å². The standard InChI is InChI=1S/C28H24O6/c1-3-18-13-21-25(15-24(18)34-28(30)19-7-5-17(2)6-8-19)33-16-22(27(21)29)20-9-10-23-26(14-20)32-12-4-11-31-23/h5-10,13-16H,3-4,11-12H2,1-2H3. The molecule has 0 atom stereocenters. The number of benzene rings is 3. The molecule has 1 aliphatic heterocycles. The number of carbonyl (C=O) groups is 1. The summed E-state index contributed by atoms with van der Waals surface area (Å²) < 4.78 is 22.9. The van der Waals surface area contributed by atoms with Crippen molar-refractivity contribution in [1.82, 2.24) is 0 Å². The van der Waals surface area contributed by atoms with E-state index in [1.54, 1.807) is 30.3 Å². The van der Waals surface area contributed by atoms with Crippen molar-refractivity contribution < 1.29 is 23.4 Å². The van der Waals surface area contributed by atoms with Crippen LogP contribution in [0, 0.1) is 6.92 Å². The Balaban J connectivity index is 1.52. The fraction of sp³-hybridized carbons (Fsp3) is 0.214. The lowest BCUT2D eigenvalue weighted by atomic mass is 10.0. The van der Waals surface area contributed by atoms with Crippen molar-refractivity contribution in [3.63, 3.8) is 0 Å². The second-order valence-corrected chi connectivity index (χ2v) is 8.26. The summed E-state index contributed by atoms with van der Waals surface area (Å²) in [6.45, 7) is 5.06. The van der Waals surface area contributed by atoms with Gasteiger partial charge in [0.1, 0.15) is 17.6 Å². The van der Waals surface area contributed by atoms with Crippen LogP contribution < -0.4 is 19.6 Å². The molecule has 4 aromatic rings. The van der Waals surface area contributed by atoms with Crippen molar-refractivity contribution in [2.75, 3.05) is 13.2 Å². The second-order valence-electron chi connectivity index (χ2n) is 8.26. The van der Waals surface area contributed by atoms with Gasteiger partial charge >= 0.3 is 5.97 Å². The van der Waals surface area contributed by atoms with Crippen molar-refractivity contribution >= 4 is 16.9 Å². The first-order valence-corrected chi connectivity index (χ1v) is 11.3. The first kappa shape index (κ1) is 21.8. The van der Waals surface area contributed by atoms with E-state index in [0.717, 1.165) is 17.5 Å². The third-order valence-corrected chi connectivity index (χ3v) is 5.89. The molecule has 0 saturated carbocycles. The van der Waals surface area contributed by atoms with Gasteiger partial charge in [0.2, 0.25) is 5.43 Å². The van der Waals surface area contributed by atoms with Gasteiger partial charge in [0.05, 0.1) is 29.7 Å². The molecular formula is C28H24O6. The van der Waals surface area contributed by atoms with Gasteiger partial charge < -0.3 is 18.6 Å². The van der Waals surface area contributed by atoms with E-state index in [2.05, 4.69) is 0 Å². The molecule has 0 N–H and O–H groups in total. The Kier molecular flexibility index (Phi) is 5.80. The molecule has 0 radical (unpaired) electrons. The van der Waals surface area contributed by atoms with Crippen molar-refractivity contribution in [3.8, 4) is 28.4 Å². The maximum absolute atomic E-state index is 13.4. The minimum absolute atomic E-state index is 0.165. The zero-order valence-electron chi connectivity index (χ0n) is 19.1. The summed E-state index contributed by atoms with van der Waals surface area (Å²) in [6, 6.07) is 16.0. The highest BCUT2D eigenvalue weighted by Crippen LogP contribution is 2.34. The van der Waals surface area contributed by atoms with Gasteiger partial charge in [-0.05, 0) is 54.8 Å². The van der Waals surface area contributed by atoms with Crippen LogP contribution in [0.1, 0.15) is 34.8 Å². The number of esters is 1. The van der Waals surface area contributed by atoms with Gasteiger partial charge in [0, 0.05) is 12.5 Å². The largest absolute Gasteiger partial charge is 0.490 e. The van der Waals surface area contributed by atoms with Crippen molar-refractivity contribution in [2.45, 2.75) is 26.7 Å². The van der Waals surface area contributed by atoms with Crippen LogP contribution in [-0.2, 0) is 6.42 Å². The first-order valence-electron chi connectivity index (χ1n) is 11.3. The first-order chi connectivity index (χ1) is 16.5. The van der Waals surface area contributed by atoms with E-state index < -0.39 is 5.97 Å². The summed E-state index contributed by atoms with van der Waals surface area (Å²) in [4.78, 5) is 26.0. The third kappa shape index (κ3) is 4.15. The normalized spacial score (nSPS) is 12.9. The highest BCUT2D eigenvalue weighted by Gasteiger charge is 2.18. The van der Waals surface area contributed by atoms with E-state index in [0.29, 0.717) is 64.5 Å². The van der Waals surface area contributed by atoms with Crippen LogP contribution >= 0.6 is 0 Å². The molecule has 0 amide bonds. The van der Waals surface area contributed by atoms with Crippen LogP contribution in [0.3, 0.4) is 0 Å². The molecule has 3 aromatic carbocycles. The number of rotatable bonds is 4. The molecule has 0 saturated heterocycles.